The SMILES string of the molecule is C[C@@H](O)[C@@H](Cc1ccccc1)[C@@H](N)C(=O)O. The van der Waals surface area contributed by atoms with E-state index in [1.807, 2.05) is 30.3 Å². The highest BCUT2D eigenvalue weighted by atomic mass is 16.4. The molecule has 4 nitrogen and oxygen atoms in total. The van der Waals surface area contributed by atoms with E-state index in [0.29, 0.717) is 6.42 Å². The molecule has 0 aromatic heterocycles. The molecule has 88 valence electrons. The van der Waals surface area contributed by atoms with Gasteiger partial charge in [-0.05, 0) is 18.9 Å². The summed E-state index contributed by atoms with van der Waals surface area (Å²) in [4.78, 5) is 10.8. The molecule has 0 fully saturated rings. The van der Waals surface area contributed by atoms with Crippen molar-refractivity contribution in [3.05, 3.63) is 35.9 Å². The molecule has 16 heavy (non-hydrogen) atoms. The van der Waals surface area contributed by atoms with Crippen LogP contribution in [-0.4, -0.2) is 28.3 Å². The number of carboxylic acids is 1. The molecule has 0 saturated carbocycles. The zero-order chi connectivity index (χ0) is 12.1. The van der Waals surface area contributed by atoms with Crippen LogP contribution in [-0.2, 0) is 11.2 Å². The Morgan fingerprint density at radius 1 is 1.38 bits per heavy atom. The molecule has 1 rings (SSSR count). The van der Waals surface area contributed by atoms with E-state index in [9.17, 15) is 9.90 Å². The summed E-state index contributed by atoms with van der Waals surface area (Å²) in [5.41, 5.74) is 6.53. The van der Waals surface area contributed by atoms with Gasteiger partial charge in [0.15, 0.2) is 0 Å². The van der Waals surface area contributed by atoms with Crippen LogP contribution in [0.1, 0.15) is 12.5 Å². The number of nitrogens with two attached hydrogens (primary N) is 1. The monoisotopic (exact) mass is 223 g/mol. The van der Waals surface area contributed by atoms with Gasteiger partial charge in [0.25, 0.3) is 0 Å². The molecular formula is C12H17NO3. The lowest BCUT2D eigenvalue weighted by Gasteiger charge is -2.23. The first-order chi connectivity index (χ1) is 7.52. The minimum absolute atomic E-state index is 0.464. The van der Waals surface area contributed by atoms with Crippen molar-refractivity contribution in [2.24, 2.45) is 11.7 Å². The Labute approximate surface area is 94.7 Å². The molecule has 1 aromatic rings. The van der Waals surface area contributed by atoms with Gasteiger partial charge in [0.2, 0.25) is 0 Å². The predicted molar refractivity (Wildman–Crippen MR) is 60.9 cm³/mol. The standard InChI is InChI=1S/C12H17NO3/c1-8(14)10(11(13)12(15)16)7-9-5-3-2-4-6-9/h2-6,8,10-11,14H,7,13H2,1H3,(H,15,16)/t8-,10-,11-/m1/s1. The van der Waals surface area contributed by atoms with Gasteiger partial charge in [-0.15, -0.1) is 0 Å². The van der Waals surface area contributed by atoms with Crippen molar-refractivity contribution in [1.29, 1.82) is 0 Å². The molecule has 0 radical (unpaired) electrons. The van der Waals surface area contributed by atoms with Gasteiger partial charge < -0.3 is 15.9 Å². The van der Waals surface area contributed by atoms with E-state index in [0.717, 1.165) is 5.56 Å². The summed E-state index contributed by atoms with van der Waals surface area (Å²) < 4.78 is 0. The number of carboxylic acid groups (broad SMARTS) is 1. The van der Waals surface area contributed by atoms with E-state index >= 15 is 0 Å². The zero-order valence-electron chi connectivity index (χ0n) is 9.21. The molecule has 0 unspecified atom stereocenters. The molecule has 1 aromatic carbocycles. The van der Waals surface area contributed by atoms with Gasteiger partial charge in [-0.1, -0.05) is 30.3 Å². The van der Waals surface area contributed by atoms with Crippen LogP contribution in [0.25, 0.3) is 0 Å². The highest BCUT2D eigenvalue weighted by Gasteiger charge is 2.28. The van der Waals surface area contributed by atoms with Crippen molar-refractivity contribution in [3.63, 3.8) is 0 Å². The summed E-state index contributed by atoms with van der Waals surface area (Å²) in [6, 6.07) is 8.38. The molecule has 0 saturated heterocycles. The van der Waals surface area contributed by atoms with Crippen LogP contribution in [0.2, 0.25) is 0 Å². The van der Waals surface area contributed by atoms with Crippen LogP contribution in [0.3, 0.4) is 0 Å². The Morgan fingerprint density at radius 2 is 1.94 bits per heavy atom. The molecule has 0 spiro atoms. The van der Waals surface area contributed by atoms with Gasteiger partial charge in [0.05, 0.1) is 6.10 Å². The largest absolute Gasteiger partial charge is 0.480 e. The fourth-order valence-electron chi connectivity index (χ4n) is 1.67. The van der Waals surface area contributed by atoms with E-state index in [1.54, 1.807) is 6.92 Å². The Bertz CT molecular complexity index is 337. The van der Waals surface area contributed by atoms with Gasteiger partial charge in [-0.3, -0.25) is 4.79 Å². The van der Waals surface area contributed by atoms with Gasteiger partial charge in [-0.2, -0.15) is 0 Å². The van der Waals surface area contributed by atoms with E-state index in [-0.39, 0.29) is 0 Å². The summed E-state index contributed by atoms with van der Waals surface area (Å²) in [6.45, 7) is 1.57. The molecule has 3 atom stereocenters. The zero-order valence-corrected chi connectivity index (χ0v) is 9.21. The lowest BCUT2D eigenvalue weighted by molar-refractivity contribution is -0.141. The Balaban J connectivity index is 2.77. The van der Waals surface area contributed by atoms with E-state index in [1.165, 1.54) is 0 Å². The lowest BCUT2D eigenvalue weighted by Crippen LogP contribution is -2.44. The first-order valence-electron chi connectivity index (χ1n) is 5.22. The van der Waals surface area contributed by atoms with Gasteiger partial charge in [0, 0.05) is 5.92 Å². The summed E-state index contributed by atoms with van der Waals surface area (Å²) >= 11 is 0. The average Bonchev–Trinajstić information content (AvgIpc) is 2.26. The third-order valence-electron chi connectivity index (χ3n) is 2.68. The summed E-state index contributed by atoms with van der Waals surface area (Å²) in [6.07, 6.45) is -0.280. The molecule has 0 bridgehead atoms. The van der Waals surface area contributed by atoms with E-state index < -0.39 is 24.0 Å². The Morgan fingerprint density at radius 3 is 2.38 bits per heavy atom. The van der Waals surface area contributed by atoms with Crippen LogP contribution < -0.4 is 5.73 Å². The van der Waals surface area contributed by atoms with Crippen molar-refractivity contribution in [1.82, 2.24) is 0 Å². The second-order valence-corrected chi connectivity index (χ2v) is 3.96. The Hall–Kier alpha value is -1.39. The van der Waals surface area contributed by atoms with Gasteiger partial charge >= 0.3 is 5.97 Å². The molecule has 0 amide bonds. The second kappa shape index (κ2) is 5.63. The predicted octanol–water partition coefficient (Wildman–Crippen LogP) is 0.638. The minimum atomic E-state index is -1.08. The number of hydrogen-bond donors (Lipinski definition) is 3. The van der Waals surface area contributed by atoms with Gasteiger partial charge in [-0.25, -0.2) is 0 Å². The number of benzene rings is 1. The summed E-state index contributed by atoms with van der Waals surface area (Å²) in [5, 5.41) is 18.4. The molecule has 0 aliphatic carbocycles. The van der Waals surface area contributed by atoms with Crippen molar-refractivity contribution < 1.29 is 15.0 Å². The summed E-state index contributed by atoms with van der Waals surface area (Å²) in [5.74, 6) is -1.55. The number of aliphatic hydroxyl groups excluding tert-OH is 1. The normalized spacial score (nSPS) is 16.4. The molecule has 0 heterocycles. The van der Waals surface area contributed by atoms with E-state index in [2.05, 4.69) is 0 Å². The highest BCUT2D eigenvalue weighted by molar-refractivity contribution is 5.73. The summed E-state index contributed by atoms with van der Waals surface area (Å²) in [7, 11) is 0. The average molecular weight is 223 g/mol. The van der Waals surface area contributed by atoms with Crippen LogP contribution in [0.4, 0.5) is 0 Å². The van der Waals surface area contributed by atoms with Gasteiger partial charge in [0.1, 0.15) is 6.04 Å². The van der Waals surface area contributed by atoms with Crippen molar-refractivity contribution in [3.8, 4) is 0 Å². The third-order valence-corrected chi connectivity index (χ3v) is 2.68. The number of rotatable bonds is 5. The fraction of sp³-hybridized carbons (Fsp3) is 0.417. The van der Waals surface area contributed by atoms with E-state index in [4.69, 9.17) is 10.8 Å². The van der Waals surface area contributed by atoms with Crippen molar-refractivity contribution >= 4 is 5.97 Å². The quantitative estimate of drug-likeness (QED) is 0.684. The lowest BCUT2D eigenvalue weighted by atomic mass is 9.88. The molecule has 0 aliphatic rings. The Kier molecular flexibility index (Phi) is 4.46. The molecule has 0 aliphatic heterocycles. The highest BCUT2D eigenvalue weighted by Crippen LogP contribution is 2.15. The molecular weight excluding hydrogens is 206 g/mol. The molecule has 4 heteroatoms. The maximum atomic E-state index is 10.8. The first kappa shape index (κ1) is 12.7. The topological polar surface area (TPSA) is 83.5 Å². The third kappa shape index (κ3) is 3.32. The number of aliphatic carboxylic acids is 1. The maximum Gasteiger partial charge on any atom is 0.320 e. The van der Waals surface area contributed by atoms with Crippen LogP contribution in [0, 0.1) is 5.92 Å². The number of aliphatic hydroxyl groups is 1. The maximum absolute atomic E-state index is 10.8. The van der Waals surface area contributed by atoms with Crippen LogP contribution >= 0.6 is 0 Å². The second-order valence-electron chi connectivity index (χ2n) is 3.96. The van der Waals surface area contributed by atoms with Crippen molar-refractivity contribution in [2.45, 2.75) is 25.5 Å². The molecule has 4 N–H and O–H groups in total. The minimum Gasteiger partial charge on any atom is -0.480 e. The fourth-order valence-corrected chi connectivity index (χ4v) is 1.67. The van der Waals surface area contributed by atoms with Crippen LogP contribution in [0.5, 0.6) is 0 Å². The first-order valence-corrected chi connectivity index (χ1v) is 5.22. The smallest absolute Gasteiger partial charge is 0.320 e. The van der Waals surface area contributed by atoms with Crippen LogP contribution in [0.15, 0.2) is 30.3 Å². The number of hydrogen-bond acceptors (Lipinski definition) is 3. The van der Waals surface area contributed by atoms with Crippen molar-refractivity contribution in [2.75, 3.05) is 0 Å². The number of carbonyl (C=O) groups is 1.